The van der Waals surface area contributed by atoms with E-state index >= 15 is 0 Å². The summed E-state index contributed by atoms with van der Waals surface area (Å²) in [7, 11) is 0. The highest BCUT2D eigenvalue weighted by atomic mass is 35.5. The maximum Gasteiger partial charge on any atom is 0.246 e. The second-order valence-corrected chi connectivity index (χ2v) is 9.62. The minimum Gasteiger partial charge on any atom is -0.321 e. The van der Waals surface area contributed by atoms with Crippen LogP contribution in [0, 0.1) is 26.6 Å². The highest BCUT2D eigenvalue weighted by molar-refractivity contribution is 7.13. The number of hydrogen-bond donors (Lipinski definition) is 1. The minimum absolute atomic E-state index is 0.0130. The summed E-state index contributed by atoms with van der Waals surface area (Å²) in [5, 5.41) is 15.4. The molecule has 0 saturated carbocycles. The average molecular weight is 509 g/mol. The van der Waals surface area contributed by atoms with Gasteiger partial charge in [-0.1, -0.05) is 23.7 Å². The van der Waals surface area contributed by atoms with Crippen molar-refractivity contribution in [2.75, 3.05) is 5.32 Å². The van der Waals surface area contributed by atoms with Gasteiger partial charge in [0.2, 0.25) is 5.91 Å². The van der Waals surface area contributed by atoms with Crippen LogP contribution in [0.1, 0.15) is 22.6 Å². The van der Waals surface area contributed by atoms with Gasteiger partial charge in [0.25, 0.3) is 0 Å². The molecule has 10 heteroatoms. The minimum atomic E-state index is -0.390. The van der Waals surface area contributed by atoms with E-state index in [1.54, 1.807) is 33.0 Å². The quantitative estimate of drug-likeness (QED) is 0.316. The zero-order valence-corrected chi connectivity index (χ0v) is 20.9. The molecule has 0 saturated heterocycles. The lowest BCUT2D eigenvalue weighted by Crippen LogP contribution is -2.20. The van der Waals surface area contributed by atoms with E-state index in [9.17, 15) is 9.18 Å². The Hall–Kier alpha value is -3.56. The molecule has 1 aromatic carbocycles. The van der Waals surface area contributed by atoms with Crippen LogP contribution in [-0.2, 0) is 17.9 Å². The fourth-order valence-corrected chi connectivity index (χ4v) is 5.17. The van der Waals surface area contributed by atoms with E-state index < -0.39 is 5.82 Å². The van der Waals surface area contributed by atoms with Gasteiger partial charge >= 0.3 is 0 Å². The third kappa shape index (κ3) is 4.44. The van der Waals surface area contributed by atoms with Crippen LogP contribution in [0.2, 0.25) is 5.02 Å². The predicted octanol–water partition coefficient (Wildman–Crippen LogP) is 5.76. The van der Waals surface area contributed by atoms with Crippen LogP contribution in [0.25, 0.3) is 21.5 Å². The van der Waals surface area contributed by atoms with E-state index in [-0.39, 0.29) is 12.5 Å². The average Bonchev–Trinajstić information content (AvgIpc) is 3.52. The summed E-state index contributed by atoms with van der Waals surface area (Å²) in [6.07, 6.45) is 1.74. The zero-order valence-electron chi connectivity index (χ0n) is 19.3. The number of nitrogens with one attached hydrogen (secondary N) is 1. The second kappa shape index (κ2) is 9.24. The third-order valence-corrected chi connectivity index (χ3v) is 7.12. The van der Waals surface area contributed by atoms with E-state index in [4.69, 9.17) is 11.6 Å². The van der Waals surface area contributed by atoms with Crippen molar-refractivity contribution in [1.82, 2.24) is 24.5 Å². The van der Waals surface area contributed by atoms with Crippen LogP contribution in [-0.4, -0.2) is 30.5 Å². The van der Waals surface area contributed by atoms with Crippen molar-refractivity contribution in [2.45, 2.75) is 33.9 Å². The Balaban J connectivity index is 1.38. The molecule has 0 spiro atoms. The number of amides is 1. The van der Waals surface area contributed by atoms with E-state index in [0.29, 0.717) is 28.6 Å². The number of carbonyl (C=O) groups excluding carboxylic acids is 1. The Morgan fingerprint density at radius 2 is 1.91 bits per heavy atom. The number of benzene rings is 1. The summed E-state index contributed by atoms with van der Waals surface area (Å²) in [6.45, 7) is 6.00. The number of fused-ring (bicyclic) bond motifs is 1. The van der Waals surface area contributed by atoms with Gasteiger partial charge in [0.15, 0.2) is 5.65 Å². The Bertz CT molecular complexity index is 1560. The van der Waals surface area contributed by atoms with Crippen LogP contribution >= 0.6 is 22.9 Å². The first-order valence-corrected chi connectivity index (χ1v) is 12.2. The number of halogens is 2. The molecule has 1 amide bonds. The van der Waals surface area contributed by atoms with Gasteiger partial charge < -0.3 is 5.32 Å². The Morgan fingerprint density at radius 1 is 1.11 bits per heavy atom. The van der Waals surface area contributed by atoms with E-state index in [1.165, 1.54) is 12.1 Å². The van der Waals surface area contributed by atoms with Crippen molar-refractivity contribution in [3.05, 3.63) is 81.5 Å². The van der Waals surface area contributed by atoms with Crippen molar-refractivity contribution in [3.8, 4) is 10.4 Å². The number of carbonyl (C=O) groups is 1. The molecule has 5 aromatic rings. The van der Waals surface area contributed by atoms with Crippen molar-refractivity contribution >= 4 is 45.6 Å². The Kier molecular flexibility index (Phi) is 6.12. The molecule has 0 radical (unpaired) electrons. The molecule has 0 aliphatic rings. The lowest BCUT2D eigenvalue weighted by molar-refractivity contribution is -0.116. The first-order chi connectivity index (χ1) is 16.8. The van der Waals surface area contributed by atoms with Crippen molar-refractivity contribution in [2.24, 2.45) is 0 Å². The van der Waals surface area contributed by atoms with Crippen LogP contribution in [0.15, 0.2) is 48.0 Å². The van der Waals surface area contributed by atoms with Crippen molar-refractivity contribution in [3.63, 3.8) is 0 Å². The molecule has 4 aromatic heterocycles. The summed E-state index contributed by atoms with van der Waals surface area (Å²) < 4.78 is 16.8. The Labute approximate surface area is 210 Å². The lowest BCUT2D eigenvalue weighted by Gasteiger charge is -2.09. The highest BCUT2D eigenvalue weighted by Gasteiger charge is 2.19. The monoisotopic (exact) mass is 508 g/mol. The predicted molar refractivity (Wildman–Crippen MR) is 136 cm³/mol. The van der Waals surface area contributed by atoms with Gasteiger partial charge in [-0.15, -0.1) is 11.3 Å². The first-order valence-electron chi connectivity index (χ1n) is 11.0. The molecular weight excluding hydrogens is 487 g/mol. The SMILES string of the molecule is Cc1nn(Cc2ccc(F)cc2Cl)c(C)c1NC(=O)Cn1nc(C)c2c(-c3cccs3)ccnc21. The Morgan fingerprint density at radius 3 is 2.66 bits per heavy atom. The number of hydrogen-bond acceptors (Lipinski definition) is 5. The molecule has 5 rings (SSSR count). The molecule has 0 atom stereocenters. The fraction of sp³-hybridized carbons (Fsp3) is 0.200. The van der Waals surface area contributed by atoms with Gasteiger partial charge in [0.1, 0.15) is 12.4 Å². The topological polar surface area (TPSA) is 77.6 Å². The third-order valence-electron chi connectivity index (χ3n) is 5.87. The molecule has 0 aliphatic carbocycles. The van der Waals surface area contributed by atoms with Crippen molar-refractivity contribution in [1.29, 1.82) is 0 Å². The highest BCUT2D eigenvalue weighted by Crippen LogP contribution is 2.32. The summed E-state index contributed by atoms with van der Waals surface area (Å²) in [4.78, 5) is 18.6. The normalized spacial score (nSPS) is 11.3. The smallest absolute Gasteiger partial charge is 0.246 e. The molecule has 0 aliphatic heterocycles. The zero-order chi connectivity index (χ0) is 24.7. The summed E-state index contributed by atoms with van der Waals surface area (Å²) in [5.41, 5.74) is 5.36. The number of aromatic nitrogens is 5. The fourth-order valence-electron chi connectivity index (χ4n) is 4.19. The van der Waals surface area contributed by atoms with Crippen LogP contribution in [0.4, 0.5) is 10.1 Å². The molecule has 0 bridgehead atoms. The number of pyridine rings is 1. The van der Waals surface area contributed by atoms with E-state index in [0.717, 1.165) is 32.8 Å². The number of aryl methyl sites for hydroxylation is 2. The van der Waals surface area contributed by atoms with Crippen LogP contribution in [0.5, 0.6) is 0 Å². The molecular formula is C25H22ClFN6OS. The molecule has 7 nitrogen and oxygen atoms in total. The lowest BCUT2D eigenvalue weighted by atomic mass is 10.1. The van der Waals surface area contributed by atoms with E-state index in [1.807, 2.05) is 38.3 Å². The standard InChI is InChI=1S/C25H22ClFN6OS/c1-14-23-19(21-5-4-10-35-21)8-9-28-25(23)33(30-14)13-22(34)29-24-15(2)31-32(16(24)3)12-17-6-7-18(27)11-20(17)26/h4-11H,12-13H2,1-3H3,(H,29,34). The maximum atomic E-state index is 13.4. The summed E-state index contributed by atoms with van der Waals surface area (Å²) >= 11 is 7.83. The second-order valence-electron chi connectivity index (χ2n) is 8.26. The van der Waals surface area contributed by atoms with Gasteiger partial charge in [-0.3, -0.25) is 9.48 Å². The molecule has 178 valence electrons. The van der Waals surface area contributed by atoms with Crippen LogP contribution < -0.4 is 5.32 Å². The van der Waals surface area contributed by atoms with Gasteiger partial charge in [0.05, 0.1) is 34.7 Å². The largest absolute Gasteiger partial charge is 0.321 e. The number of thiophene rings is 1. The summed E-state index contributed by atoms with van der Waals surface area (Å²) in [6, 6.07) is 10.3. The molecule has 4 heterocycles. The van der Waals surface area contributed by atoms with Crippen LogP contribution in [0.3, 0.4) is 0 Å². The number of nitrogens with zero attached hydrogens (tertiary/aromatic N) is 5. The maximum absolute atomic E-state index is 13.4. The summed E-state index contributed by atoms with van der Waals surface area (Å²) in [5.74, 6) is -0.623. The van der Waals surface area contributed by atoms with Crippen molar-refractivity contribution < 1.29 is 9.18 Å². The van der Waals surface area contributed by atoms with Gasteiger partial charge in [-0.25, -0.2) is 14.1 Å². The molecule has 1 N–H and O–H groups in total. The molecule has 0 unspecified atom stereocenters. The van der Waals surface area contributed by atoms with Gasteiger partial charge in [-0.05, 0) is 56.0 Å². The van der Waals surface area contributed by atoms with E-state index in [2.05, 4.69) is 26.6 Å². The number of rotatable bonds is 6. The molecule has 35 heavy (non-hydrogen) atoms. The first kappa shape index (κ1) is 23.2. The van der Waals surface area contributed by atoms with Gasteiger partial charge in [-0.2, -0.15) is 10.2 Å². The molecule has 0 fully saturated rings. The number of anilines is 1. The van der Waals surface area contributed by atoms with Gasteiger partial charge in [0, 0.05) is 21.7 Å².